The third kappa shape index (κ3) is 3.91. The minimum atomic E-state index is -0.284. The van der Waals surface area contributed by atoms with E-state index in [1.165, 1.54) is 0 Å². The largest absolute Gasteiger partial charge is 0.494 e. The van der Waals surface area contributed by atoms with Gasteiger partial charge in [0.2, 0.25) is 0 Å². The van der Waals surface area contributed by atoms with E-state index in [2.05, 4.69) is 16.3 Å². The van der Waals surface area contributed by atoms with Crippen molar-refractivity contribution in [2.75, 3.05) is 39.5 Å². The van der Waals surface area contributed by atoms with Crippen LogP contribution in [0.4, 0.5) is 4.39 Å². The Morgan fingerprint density at radius 1 is 1.37 bits per heavy atom. The standard InChI is InChI=1S/C15H23FN2O/c1-2-19-14-5-3-4-13(12-14)15(6-7-16)18-10-8-17-9-11-18/h3-5,12,15,17H,2,6-11H2,1H3/t15-/m0/s1. The molecule has 0 spiro atoms. The van der Waals surface area contributed by atoms with Gasteiger partial charge in [0.15, 0.2) is 0 Å². The van der Waals surface area contributed by atoms with Crippen molar-refractivity contribution < 1.29 is 9.13 Å². The van der Waals surface area contributed by atoms with E-state index in [0.717, 1.165) is 37.5 Å². The van der Waals surface area contributed by atoms with Crippen molar-refractivity contribution in [2.45, 2.75) is 19.4 Å². The highest BCUT2D eigenvalue weighted by molar-refractivity contribution is 5.30. The zero-order valence-corrected chi connectivity index (χ0v) is 11.6. The van der Waals surface area contributed by atoms with Crippen LogP contribution in [0.5, 0.6) is 5.75 Å². The first kappa shape index (κ1) is 14.3. The van der Waals surface area contributed by atoms with E-state index in [1.807, 2.05) is 25.1 Å². The number of halogens is 1. The van der Waals surface area contributed by atoms with Crippen LogP contribution < -0.4 is 10.1 Å². The smallest absolute Gasteiger partial charge is 0.119 e. The van der Waals surface area contributed by atoms with Gasteiger partial charge in [-0.1, -0.05) is 12.1 Å². The summed E-state index contributed by atoms with van der Waals surface area (Å²) in [5, 5.41) is 3.33. The van der Waals surface area contributed by atoms with Crippen LogP contribution in [0.25, 0.3) is 0 Å². The van der Waals surface area contributed by atoms with Crippen LogP contribution in [-0.2, 0) is 0 Å². The van der Waals surface area contributed by atoms with Crippen LogP contribution in [-0.4, -0.2) is 44.4 Å². The molecule has 106 valence electrons. The van der Waals surface area contributed by atoms with Gasteiger partial charge in [-0.05, 0) is 31.0 Å². The summed E-state index contributed by atoms with van der Waals surface area (Å²) in [6.07, 6.45) is 0.551. The first-order chi connectivity index (χ1) is 9.35. The normalized spacial score (nSPS) is 18.2. The molecule has 1 aromatic rings. The summed E-state index contributed by atoms with van der Waals surface area (Å²) < 4.78 is 18.4. The molecule has 0 aliphatic carbocycles. The Bertz CT molecular complexity index is 380. The van der Waals surface area contributed by atoms with Crippen LogP contribution in [0.1, 0.15) is 24.9 Å². The third-order valence-corrected chi connectivity index (χ3v) is 3.53. The molecule has 0 radical (unpaired) electrons. The van der Waals surface area contributed by atoms with Gasteiger partial charge in [-0.2, -0.15) is 0 Å². The van der Waals surface area contributed by atoms with Gasteiger partial charge in [0, 0.05) is 32.2 Å². The Hall–Kier alpha value is -1.13. The maximum atomic E-state index is 12.9. The highest BCUT2D eigenvalue weighted by Gasteiger charge is 2.22. The Morgan fingerprint density at radius 2 is 2.16 bits per heavy atom. The Labute approximate surface area is 114 Å². The van der Waals surface area contributed by atoms with E-state index in [0.29, 0.717) is 13.0 Å². The average molecular weight is 266 g/mol. The molecule has 0 saturated carbocycles. The van der Waals surface area contributed by atoms with Crippen molar-refractivity contribution in [3.63, 3.8) is 0 Å². The van der Waals surface area contributed by atoms with Gasteiger partial charge in [-0.3, -0.25) is 9.29 Å². The fourth-order valence-electron chi connectivity index (χ4n) is 2.64. The molecule has 3 nitrogen and oxygen atoms in total. The van der Waals surface area contributed by atoms with Crippen LogP contribution in [0, 0.1) is 0 Å². The zero-order chi connectivity index (χ0) is 13.5. The number of rotatable bonds is 6. The van der Waals surface area contributed by atoms with Gasteiger partial charge in [0.25, 0.3) is 0 Å². The molecule has 1 atom stereocenters. The second-order valence-electron chi connectivity index (χ2n) is 4.78. The molecule has 0 aromatic heterocycles. The summed E-state index contributed by atoms with van der Waals surface area (Å²) in [6, 6.07) is 8.23. The van der Waals surface area contributed by atoms with Gasteiger partial charge >= 0.3 is 0 Å². The van der Waals surface area contributed by atoms with E-state index >= 15 is 0 Å². The number of nitrogens with zero attached hydrogens (tertiary/aromatic N) is 1. The molecular formula is C15H23FN2O. The van der Waals surface area contributed by atoms with Crippen molar-refractivity contribution >= 4 is 0 Å². The lowest BCUT2D eigenvalue weighted by Crippen LogP contribution is -2.45. The number of hydrogen-bond acceptors (Lipinski definition) is 3. The summed E-state index contributed by atoms with van der Waals surface area (Å²) in [6.45, 7) is 6.26. The fourth-order valence-corrected chi connectivity index (χ4v) is 2.64. The highest BCUT2D eigenvalue weighted by Crippen LogP contribution is 2.27. The molecule has 0 amide bonds. The molecule has 1 heterocycles. The zero-order valence-electron chi connectivity index (χ0n) is 11.6. The molecule has 1 fully saturated rings. The molecule has 1 aliphatic heterocycles. The summed E-state index contributed by atoms with van der Waals surface area (Å²) in [7, 11) is 0. The number of piperazine rings is 1. The molecule has 2 rings (SSSR count). The predicted octanol–water partition coefficient (Wildman–Crippen LogP) is 2.39. The van der Waals surface area contributed by atoms with Crippen LogP contribution >= 0.6 is 0 Å². The van der Waals surface area contributed by atoms with Gasteiger partial charge in [-0.25, -0.2) is 0 Å². The second kappa shape index (κ2) is 7.46. The Kier molecular flexibility index (Phi) is 5.61. The minimum Gasteiger partial charge on any atom is -0.494 e. The van der Waals surface area contributed by atoms with Crippen molar-refractivity contribution in [1.29, 1.82) is 0 Å². The summed E-state index contributed by atoms with van der Waals surface area (Å²) >= 11 is 0. The van der Waals surface area contributed by atoms with Gasteiger partial charge in [-0.15, -0.1) is 0 Å². The lowest BCUT2D eigenvalue weighted by Gasteiger charge is -2.35. The maximum absolute atomic E-state index is 12.9. The van der Waals surface area contributed by atoms with E-state index in [9.17, 15) is 4.39 Å². The van der Waals surface area contributed by atoms with Crippen molar-refractivity contribution in [3.8, 4) is 5.75 Å². The number of nitrogens with one attached hydrogen (secondary N) is 1. The second-order valence-corrected chi connectivity index (χ2v) is 4.78. The quantitative estimate of drug-likeness (QED) is 0.855. The fraction of sp³-hybridized carbons (Fsp3) is 0.600. The van der Waals surface area contributed by atoms with Gasteiger partial charge < -0.3 is 10.1 Å². The van der Waals surface area contributed by atoms with Crippen LogP contribution in [0.3, 0.4) is 0 Å². The van der Waals surface area contributed by atoms with Crippen molar-refractivity contribution in [2.24, 2.45) is 0 Å². The maximum Gasteiger partial charge on any atom is 0.119 e. The van der Waals surface area contributed by atoms with Crippen molar-refractivity contribution in [3.05, 3.63) is 29.8 Å². The SMILES string of the molecule is CCOc1cccc([C@H](CCF)N2CCNCC2)c1. The molecule has 4 heteroatoms. The van der Waals surface area contributed by atoms with Gasteiger partial charge in [0.05, 0.1) is 13.3 Å². The first-order valence-electron chi connectivity index (χ1n) is 7.08. The molecule has 0 unspecified atom stereocenters. The van der Waals surface area contributed by atoms with E-state index in [1.54, 1.807) is 0 Å². The Balaban J connectivity index is 2.14. The number of alkyl halides is 1. The van der Waals surface area contributed by atoms with E-state index < -0.39 is 0 Å². The summed E-state index contributed by atoms with van der Waals surface area (Å²) in [5.74, 6) is 0.874. The first-order valence-corrected chi connectivity index (χ1v) is 7.08. The van der Waals surface area contributed by atoms with Crippen LogP contribution in [0.15, 0.2) is 24.3 Å². The summed E-state index contributed by atoms with van der Waals surface area (Å²) in [4.78, 5) is 2.36. The number of hydrogen-bond donors (Lipinski definition) is 1. The third-order valence-electron chi connectivity index (χ3n) is 3.53. The molecule has 0 bridgehead atoms. The number of ether oxygens (including phenoxy) is 1. The van der Waals surface area contributed by atoms with Crippen molar-refractivity contribution in [1.82, 2.24) is 10.2 Å². The van der Waals surface area contributed by atoms with Crippen LogP contribution in [0.2, 0.25) is 0 Å². The average Bonchev–Trinajstić information content (AvgIpc) is 2.46. The predicted molar refractivity (Wildman–Crippen MR) is 75.4 cm³/mol. The van der Waals surface area contributed by atoms with Gasteiger partial charge in [0.1, 0.15) is 5.75 Å². The molecule has 1 saturated heterocycles. The summed E-state index contributed by atoms with van der Waals surface area (Å²) in [5.41, 5.74) is 1.16. The Morgan fingerprint density at radius 3 is 2.84 bits per heavy atom. The highest BCUT2D eigenvalue weighted by atomic mass is 19.1. The molecule has 1 N–H and O–H groups in total. The molecule has 19 heavy (non-hydrogen) atoms. The molecule has 1 aliphatic rings. The monoisotopic (exact) mass is 266 g/mol. The topological polar surface area (TPSA) is 24.5 Å². The van der Waals surface area contributed by atoms with E-state index in [4.69, 9.17) is 4.74 Å². The lowest BCUT2D eigenvalue weighted by atomic mass is 10.0. The lowest BCUT2D eigenvalue weighted by molar-refractivity contribution is 0.157. The number of benzene rings is 1. The van der Waals surface area contributed by atoms with E-state index in [-0.39, 0.29) is 12.7 Å². The minimum absolute atomic E-state index is 0.160. The molecular weight excluding hydrogens is 243 g/mol. The molecule has 1 aromatic carbocycles.